The van der Waals surface area contributed by atoms with E-state index in [9.17, 15) is 5.11 Å². The van der Waals surface area contributed by atoms with E-state index in [-0.39, 0.29) is 6.61 Å². The molecule has 0 saturated carbocycles. The van der Waals surface area contributed by atoms with Crippen LogP contribution in [0.2, 0.25) is 0 Å². The van der Waals surface area contributed by atoms with Gasteiger partial charge in [-0.15, -0.1) is 0 Å². The van der Waals surface area contributed by atoms with E-state index in [1.807, 2.05) is 0 Å². The maximum absolute atomic E-state index is 10.6. The molecular weight excluding hydrogens is 656 g/mol. The second kappa shape index (κ2) is 29.9. The average Bonchev–Trinajstić information content (AvgIpc) is 3.13. The Morgan fingerprint density at radius 3 is 1.08 bits per heavy atom. The number of ether oxygens (including phenoxy) is 10. The van der Waals surface area contributed by atoms with Crippen molar-refractivity contribution < 1.29 is 52.5 Å². The summed E-state index contributed by atoms with van der Waals surface area (Å²) in [7, 11) is 0. The number of hydrogen-bond acceptors (Lipinski definition) is 11. The molecule has 51 heavy (non-hydrogen) atoms. The van der Waals surface area contributed by atoms with Crippen LogP contribution in [0.15, 0.2) is 0 Å². The Hall–Kier alpha value is -0.440. The molecule has 2 aliphatic heterocycles. The molecule has 0 aromatic carbocycles. The lowest BCUT2D eigenvalue weighted by Crippen LogP contribution is -2.66. The van der Waals surface area contributed by atoms with Crippen molar-refractivity contribution in [3.05, 3.63) is 0 Å². The number of rotatable bonds is 32. The van der Waals surface area contributed by atoms with Crippen LogP contribution in [0.4, 0.5) is 0 Å². The number of aliphatic hydroxyl groups excluding tert-OH is 1. The molecule has 0 aromatic rings. The molecule has 2 fully saturated rings. The number of aliphatic hydroxyl groups is 1. The molecule has 0 aliphatic carbocycles. The van der Waals surface area contributed by atoms with Crippen LogP contribution < -0.4 is 0 Å². The van der Waals surface area contributed by atoms with Crippen LogP contribution in [-0.2, 0) is 47.4 Å². The molecule has 0 aromatic heterocycles. The Kier molecular flexibility index (Phi) is 27.4. The van der Waals surface area contributed by atoms with Gasteiger partial charge in [0.15, 0.2) is 12.6 Å². The average molecular weight is 735 g/mol. The van der Waals surface area contributed by atoms with Gasteiger partial charge >= 0.3 is 0 Å². The summed E-state index contributed by atoms with van der Waals surface area (Å²) in [5.41, 5.74) is 0. The van der Waals surface area contributed by atoms with Gasteiger partial charge in [0, 0.05) is 46.2 Å². The van der Waals surface area contributed by atoms with Crippen molar-refractivity contribution in [1.29, 1.82) is 0 Å². The third-order valence-corrected chi connectivity index (χ3v) is 9.40. The van der Waals surface area contributed by atoms with Crippen LogP contribution in [0.1, 0.15) is 138 Å². The predicted molar refractivity (Wildman–Crippen MR) is 199 cm³/mol. The van der Waals surface area contributed by atoms with Gasteiger partial charge in [0.1, 0.15) is 48.8 Å². The summed E-state index contributed by atoms with van der Waals surface area (Å²) >= 11 is 0. The van der Waals surface area contributed by atoms with E-state index in [0.717, 1.165) is 89.9 Å². The molecule has 11 nitrogen and oxygen atoms in total. The lowest BCUT2D eigenvalue weighted by molar-refractivity contribution is -0.391. The lowest BCUT2D eigenvalue weighted by atomic mass is 9.96. The second-order valence-electron chi connectivity index (χ2n) is 14.0. The minimum absolute atomic E-state index is 0.252. The third-order valence-electron chi connectivity index (χ3n) is 9.40. The minimum atomic E-state index is -0.922. The molecule has 10 atom stereocenters. The van der Waals surface area contributed by atoms with Crippen LogP contribution >= 0.6 is 0 Å². The second-order valence-corrected chi connectivity index (χ2v) is 14.0. The Morgan fingerprint density at radius 1 is 0.392 bits per heavy atom. The molecule has 0 amide bonds. The summed E-state index contributed by atoms with van der Waals surface area (Å²) in [5, 5.41) is 10.6. The van der Waals surface area contributed by atoms with E-state index in [1.165, 1.54) is 0 Å². The lowest BCUT2D eigenvalue weighted by Gasteiger charge is -2.49. The van der Waals surface area contributed by atoms with E-state index in [0.29, 0.717) is 52.9 Å². The maximum atomic E-state index is 10.6. The Labute approximate surface area is 311 Å². The highest BCUT2D eigenvalue weighted by Gasteiger charge is 2.54. The Bertz CT molecular complexity index is 792. The fourth-order valence-corrected chi connectivity index (χ4v) is 6.15. The van der Waals surface area contributed by atoms with Crippen LogP contribution in [0.25, 0.3) is 0 Å². The molecule has 2 heterocycles. The van der Waals surface area contributed by atoms with Crippen molar-refractivity contribution in [2.24, 2.45) is 0 Å². The molecule has 1 N–H and O–H groups in total. The van der Waals surface area contributed by atoms with Crippen LogP contribution in [-0.4, -0.2) is 126 Å². The molecule has 304 valence electrons. The third kappa shape index (κ3) is 16.9. The van der Waals surface area contributed by atoms with Crippen LogP contribution in [0, 0.1) is 0 Å². The van der Waals surface area contributed by atoms with Crippen molar-refractivity contribution >= 4 is 0 Å². The summed E-state index contributed by atoms with van der Waals surface area (Å²) in [6, 6.07) is 0. The number of unbranched alkanes of at least 4 members (excludes halogenated alkanes) is 7. The van der Waals surface area contributed by atoms with Crippen molar-refractivity contribution in [2.45, 2.75) is 200 Å². The summed E-state index contributed by atoms with van der Waals surface area (Å²) in [6.07, 6.45) is 7.31. The first-order chi connectivity index (χ1) is 25.0. The molecule has 11 heteroatoms. The Balaban J connectivity index is 2.54. The van der Waals surface area contributed by atoms with E-state index in [2.05, 4.69) is 48.5 Å². The SMILES string of the molecule is CCCCOCC1O[C@H](O[C@H]2OC(CO)[C@@H](OCCCC)C(OCCCC)C2OCCCC)C(OCCCC)C(OCCCC)[C@@H]1OCCCC. The summed E-state index contributed by atoms with van der Waals surface area (Å²) in [6.45, 7) is 19.0. The molecular formula is C40H78O11. The molecule has 0 radical (unpaired) electrons. The summed E-state index contributed by atoms with van der Waals surface area (Å²) < 4.78 is 65.9. The van der Waals surface area contributed by atoms with Gasteiger partial charge < -0.3 is 52.5 Å². The van der Waals surface area contributed by atoms with Gasteiger partial charge in [-0.1, -0.05) is 93.4 Å². The highest BCUT2D eigenvalue weighted by molar-refractivity contribution is 4.96. The zero-order valence-electron chi connectivity index (χ0n) is 33.6. The van der Waals surface area contributed by atoms with Crippen LogP contribution in [0.3, 0.4) is 0 Å². The van der Waals surface area contributed by atoms with Gasteiger partial charge in [0.2, 0.25) is 0 Å². The molecule has 2 rings (SSSR count). The molecule has 2 saturated heterocycles. The summed E-state index contributed by atoms with van der Waals surface area (Å²) in [4.78, 5) is 0. The zero-order valence-corrected chi connectivity index (χ0v) is 33.6. The van der Waals surface area contributed by atoms with Gasteiger partial charge in [-0.05, 0) is 44.9 Å². The van der Waals surface area contributed by atoms with Gasteiger partial charge in [0.05, 0.1) is 13.2 Å². The van der Waals surface area contributed by atoms with Crippen molar-refractivity contribution in [1.82, 2.24) is 0 Å². The molecule has 0 bridgehead atoms. The fourth-order valence-electron chi connectivity index (χ4n) is 6.15. The normalized spacial score (nSPS) is 29.9. The van der Waals surface area contributed by atoms with E-state index >= 15 is 0 Å². The maximum Gasteiger partial charge on any atom is 0.190 e. The quantitative estimate of drug-likeness (QED) is 0.0700. The standard InChI is InChI=1S/C40H78O11/c1-8-15-22-42-30-32-34(44-24-17-10-3)36(46-26-19-12-5)38(48-28-21-14-7)40(50-32)51-39-37(47-27-20-13-6)35(45-25-18-11-4)33(31(29-41)49-39)43-23-16-9-2/h31-41H,8-30H2,1-7H3/t31?,32?,33-,34-,35?,36?,37?,38?,39-,40-/m1/s1. The first-order valence-electron chi connectivity index (χ1n) is 20.9. The van der Waals surface area contributed by atoms with Gasteiger partial charge in [-0.2, -0.15) is 0 Å². The molecule has 0 spiro atoms. The Morgan fingerprint density at radius 2 is 0.706 bits per heavy atom. The minimum Gasteiger partial charge on any atom is -0.394 e. The summed E-state index contributed by atoms with van der Waals surface area (Å²) in [5.74, 6) is 0. The van der Waals surface area contributed by atoms with Gasteiger partial charge in [0.25, 0.3) is 0 Å². The first kappa shape index (κ1) is 46.7. The largest absolute Gasteiger partial charge is 0.394 e. The first-order valence-corrected chi connectivity index (χ1v) is 20.9. The van der Waals surface area contributed by atoms with Gasteiger partial charge in [-0.25, -0.2) is 0 Å². The van der Waals surface area contributed by atoms with Crippen molar-refractivity contribution in [3.63, 3.8) is 0 Å². The van der Waals surface area contributed by atoms with E-state index < -0.39 is 61.4 Å². The van der Waals surface area contributed by atoms with Crippen molar-refractivity contribution in [2.75, 3.05) is 59.5 Å². The smallest absolute Gasteiger partial charge is 0.190 e. The van der Waals surface area contributed by atoms with Crippen molar-refractivity contribution in [3.8, 4) is 0 Å². The van der Waals surface area contributed by atoms with E-state index in [1.54, 1.807) is 0 Å². The monoisotopic (exact) mass is 735 g/mol. The predicted octanol–water partition coefficient (Wildman–Crippen LogP) is 7.37. The van der Waals surface area contributed by atoms with Crippen LogP contribution in [0.5, 0.6) is 0 Å². The zero-order chi connectivity index (χ0) is 37.1. The number of hydrogen-bond donors (Lipinski definition) is 1. The van der Waals surface area contributed by atoms with Gasteiger partial charge in [-0.3, -0.25) is 0 Å². The topological polar surface area (TPSA) is 113 Å². The highest BCUT2D eigenvalue weighted by Crippen LogP contribution is 2.35. The molecule has 2 aliphatic rings. The highest BCUT2D eigenvalue weighted by atomic mass is 16.8. The van der Waals surface area contributed by atoms with E-state index in [4.69, 9.17) is 47.4 Å². The molecule has 6 unspecified atom stereocenters. The fraction of sp³-hybridized carbons (Fsp3) is 1.00.